The van der Waals surface area contributed by atoms with Crippen molar-refractivity contribution in [1.29, 1.82) is 0 Å². The van der Waals surface area contributed by atoms with Gasteiger partial charge in [0.1, 0.15) is 11.8 Å². The maximum Gasteiger partial charge on any atom is 0.256 e. The van der Waals surface area contributed by atoms with Gasteiger partial charge < -0.3 is 24.4 Å². The first-order valence-corrected chi connectivity index (χ1v) is 12.5. The molecule has 1 saturated heterocycles. The van der Waals surface area contributed by atoms with E-state index in [9.17, 15) is 9.59 Å². The van der Waals surface area contributed by atoms with Crippen LogP contribution in [0.2, 0.25) is 0 Å². The number of hydrogen-bond donors (Lipinski definition) is 1. The number of ether oxygens (including phenoxy) is 3. The molecule has 8 nitrogen and oxygen atoms in total. The van der Waals surface area contributed by atoms with Crippen molar-refractivity contribution < 1.29 is 23.8 Å². The van der Waals surface area contributed by atoms with Crippen molar-refractivity contribution in [3.05, 3.63) is 77.4 Å². The molecular formula is C29H31N3O5S. The summed E-state index contributed by atoms with van der Waals surface area (Å²) in [6.45, 7) is 4.24. The number of anilines is 2. The van der Waals surface area contributed by atoms with Crippen LogP contribution in [0.4, 0.5) is 11.4 Å². The molecule has 0 aromatic heterocycles. The van der Waals surface area contributed by atoms with Crippen molar-refractivity contribution in [2.75, 3.05) is 31.5 Å². The highest BCUT2D eigenvalue weighted by Crippen LogP contribution is 2.33. The molecule has 3 aromatic carbocycles. The molecule has 38 heavy (non-hydrogen) atoms. The Bertz CT molecular complexity index is 1360. The monoisotopic (exact) mass is 533 g/mol. The van der Waals surface area contributed by atoms with Crippen LogP contribution in [-0.2, 0) is 16.1 Å². The van der Waals surface area contributed by atoms with E-state index in [1.54, 1.807) is 56.6 Å². The van der Waals surface area contributed by atoms with Crippen molar-refractivity contribution in [3.8, 4) is 17.2 Å². The molecule has 1 aliphatic heterocycles. The number of thiocarbonyl (C=S) groups is 1. The zero-order chi connectivity index (χ0) is 27.4. The average molecular weight is 534 g/mol. The zero-order valence-electron chi connectivity index (χ0n) is 22.1. The molecule has 0 radical (unpaired) electrons. The maximum absolute atomic E-state index is 13.7. The highest BCUT2D eigenvalue weighted by molar-refractivity contribution is 7.80. The number of nitrogens with one attached hydrogen (secondary N) is 1. The number of nitrogens with zero attached hydrogens (tertiary/aromatic N) is 2. The minimum absolute atomic E-state index is 0.0633. The molecule has 2 amide bonds. The summed E-state index contributed by atoms with van der Waals surface area (Å²) in [5, 5.41) is 3.27. The zero-order valence-corrected chi connectivity index (χ0v) is 22.9. The molecule has 1 aliphatic rings. The normalized spacial score (nSPS) is 15.0. The Hall–Kier alpha value is -4.11. The van der Waals surface area contributed by atoms with Crippen molar-refractivity contribution in [1.82, 2.24) is 4.90 Å². The lowest BCUT2D eigenvalue weighted by Gasteiger charge is -2.24. The number of carbonyl (C=O) groups is 2. The van der Waals surface area contributed by atoms with Gasteiger partial charge in [-0.15, -0.1) is 0 Å². The van der Waals surface area contributed by atoms with Gasteiger partial charge >= 0.3 is 0 Å². The molecule has 1 unspecified atom stereocenters. The summed E-state index contributed by atoms with van der Waals surface area (Å²) in [7, 11) is 4.72. The van der Waals surface area contributed by atoms with E-state index in [1.165, 1.54) is 4.90 Å². The Morgan fingerprint density at radius 3 is 2.26 bits per heavy atom. The minimum atomic E-state index is -0.788. The average Bonchev–Trinajstić information content (AvgIpc) is 3.14. The van der Waals surface area contributed by atoms with Gasteiger partial charge in [0.15, 0.2) is 16.6 Å². The molecule has 198 valence electrons. The van der Waals surface area contributed by atoms with Gasteiger partial charge in [0, 0.05) is 12.2 Å². The molecule has 0 saturated carbocycles. The Morgan fingerprint density at radius 2 is 1.63 bits per heavy atom. The Labute approximate surface area is 228 Å². The first-order chi connectivity index (χ1) is 18.2. The minimum Gasteiger partial charge on any atom is -0.497 e. The van der Waals surface area contributed by atoms with E-state index in [-0.39, 0.29) is 18.2 Å². The van der Waals surface area contributed by atoms with E-state index in [0.717, 1.165) is 16.7 Å². The van der Waals surface area contributed by atoms with Gasteiger partial charge in [-0.1, -0.05) is 23.8 Å². The second kappa shape index (κ2) is 11.5. The number of rotatable bonds is 9. The van der Waals surface area contributed by atoms with E-state index in [1.807, 2.05) is 44.2 Å². The predicted molar refractivity (Wildman–Crippen MR) is 151 cm³/mol. The van der Waals surface area contributed by atoms with Crippen molar-refractivity contribution in [2.24, 2.45) is 0 Å². The van der Waals surface area contributed by atoms with Gasteiger partial charge in [0.25, 0.3) is 5.91 Å². The van der Waals surface area contributed by atoms with Crippen LogP contribution in [0.15, 0.2) is 60.7 Å². The maximum atomic E-state index is 13.7. The second-order valence-electron chi connectivity index (χ2n) is 9.06. The quantitative estimate of drug-likeness (QED) is 0.394. The van der Waals surface area contributed by atoms with Crippen LogP contribution in [0.5, 0.6) is 17.2 Å². The number of aryl methyl sites for hydroxylation is 2. The fraction of sp³-hybridized carbons (Fsp3) is 0.276. The van der Waals surface area contributed by atoms with E-state index >= 15 is 0 Å². The number of amides is 2. The van der Waals surface area contributed by atoms with Gasteiger partial charge in [-0.2, -0.15) is 0 Å². The largest absolute Gasteiger partial charge is 0.497 e. The van der Waals surface area contributed by atoms with E-state index in [4.69, 9.17) is 26.4 Å². The highest BCUT2D eigenvalue weighted by Gasteiger charge is 2.44. The molecule has 1 heterocycles. The first-order valence-electron chi connectivity index (χ1n) is 12.1. The van der Waals surface area contributed by atoms with Crippen LogP contribution in [-0.4, -0.2) is 49.2 Å². The van der Waals surface area contributed by atoms with Crippen LogP contribution in [0.1, 0.15) is 23.1 Å². The van der Waals surface area contributed by atoms with E-state index in [0.29, 0.717) is 40.3 Å². The number of hydrogen-bond acceptors (Lipinski definition) is 6. The predicted octanol–water partition coefficient (Wildman–Crippen LogP) is 4.86. The van der Waals surface area contributed by atoms with Gasteiger partial charge in [0.05, 0.1) is 33.4 Å². The molecule has 4 rings (SSSR count). The van der Waals surface area contributed by atoms with Gasteiger partial charge in [-0.25, -0.2) is 0 Å². The van der Waals surface area contributed by atoms with Crippen LogP contribution in [0.3, 0.4) is 0 Å². The molecular weight excluding hydrogens is 502 g/mol. The third-order valence-electron chi connectivity index (χ3n) is 6.48. The number of methoxy groups -OCH3 is 3. The molecule has 1 atom stereocenters. The standard InChI is InChI=1S/C29H31N3O5S/c1-18-6-12-23(19(2)14-18)30-27(33)16-24-28(34)32(21-8-10-22(35-3)11-9-21)29(38)31(24)17-20-7-13-25(36-4)26(15-20)37-5/h6-15,24H,16-17H2,1-5H3,(H,30,33). The van der Waals surface area contributed by atoms with Gasteiger partial charge in [-0.05, 0) is 79.7 Å². The third kappa shape index (κ3) is 5.57. The molecule has 1 fully saturated rings. The van der Waals surface area contributed by atoms with Crippen LogP contribution < -0.4 is 24.4 Å². The summed E-state index contributed by atoms with van der Waals surface area (Å²) < 4.78 is 16.1. The molecule has 0 bridgehead atoms. The summed E-state index contributed by atoms with van der Waals surface area (Å²) >= 11 is 5.80. The first kappa shape index (κ1) is 26.9. The summed E-state index contributed by atoms with van der Waals surface area (Å²) in [4.78, 5) is 30.2. The van der Waals surface area contributed by atoms with Crippen LogP contribution in [0.25, 0.3) is 0 Å². The molecule has 9 heteroatoms. The van der Waals surface area contributed by atoms with Crippen molar-refractivity contribution in [3.63, 3.8) is 0 Å². The summed E-state index contributed by atoms with van der Waals surface area (Å²) in [6, 6.07) is 17.6. The van der Waals surface area contributed by atoms with E-state index < -0.39 is 6.04 Å². The van der Waals surface area contributed by atoms with Crippen molar-refractivity contribution in [2.45, 2.75) is 32.9 Å². The number of carbonyl (C=O) groups excluding carboxylic acids is 2. The smallest absolute Gasteiger partial charge is 0.256 e. The third-order valence-corrected chi connectivity index (χ3v) is 6.90. The Morgan fingerprint density at radius 1 is 0.921 bits per heavy atom. The lowest BCUT2D eigenvalue weighted by molar-refractivity contribution is -0.124. The summed E-state index contributed by atoms with van der Waals surface area (Å²) in [5.74, 6) is 1.29. The van der Waals surface area contributed by atoms with Crippen molar-refractivity contribution >= 4 is 40.5 Å². The fourth-order valence-corrected chi connectivity index (χ4v) is 4.88. The fourth-order valence-electron chi connectivity index (χ4n) is 4.49. The number of benzene rings is 3. The Kier molecular flexibility index (Phi) is 8.16. The second-order valence-corrected chi connectivity index (χ2v) is 9.42. The lowest BCUT2D eigenvalue weighted by atomic mass is 10.1. The van der Waals surface area contributed by atoms with Gasteiger partial charge in [-0.3, -0.25) is 14.5 Å². The Balaban J connectivity index is 1.64. The topological polar surface area (TPSA) is 80.3 Å². The molecule has 0 spiro atoms. The summed E-state index contributed by atoms with van der Waals surface area (Å²) in [6.07, 6.45) is -0.0633. The highest BCUT2D eigenvalue weighted by atomic mass is 32.1. The molecule has 3 aromatic rings. The van der Waals surface area contributed by atoms with Crippen LogP contribution >= 0.6 is 12.2 Å². The SMILES string of the molecule is COc1ccc(N2C(=O)C(CC(=O)Nc3ccc(C)cc3C)N(Cc3ccc(OC)c(OC)c3)C2=S)cc1. The lowest BCUT2D eigenvalue weighted by Crippen LogP contribution is -2.37. The van der Waals surface area contributed by atoms with E-state index in [2.05, 4.69) is 5.32 Å². The molecule has 0 aliphatic carbocycles. The van der Waals surface area contributed by atoms with Gasteiger partial charge in [0.2, 0.25) is 5.91 Å². The summed E-state index contributed by atoms with van der Waals surface area (Å²) in [5.41, 5.74) is 4.23. The molecule has 1 N–H and O–H groups in total. The van der Waals surface area contributed by atoms with Crippen LogP contribution in [0, 0.1) is 13.8 Å².